The number of hydrogen-bond donors (Lipinski definition) is 1. The van der Waals surface area contributed by atoms with E-state index in [1.54, 1.807) is 0 Å². The van der Waals surface area contributed by atoms with Crippen molar-refractivity contribution in [3.63, 3.8) is 0 Å². The third-order valence-corrected chi connectivity index (χ3v) is 0.971. The van der Waals surface area contributed by atoms with Gasteiger partial charge in [-0.05, 0) is 0 Å². The van der Waals surface area contributed by atoms with E-state index >= 15 is 0 Å². The van der Waals surface area contributed by atoms with Crippen molar-refractivity contribution >= 4 is 0 Å². The highest BCUT2D eigenvalue weighted by Crippen LogP contribution is 1.90. The predicted octanol–water partition coefficient (Wildman–Crippen LogP) is -0.156. The SMILES string of the molecule is N#CCN1C=CNC1. The van der Waals surface area contributed by atoms with Crippen LogP contribution in [0.25, 0.3) is 0 Å². The van der Waals surface area contributed by atoms with E-state index in [1.807, 2.05) is 23.4 Å². The van der Waals surface area contributed by atoms with Crippen molar-refractivity contribution in [2.75, 3.05) is 13.2 Å². The molecule has 3 nitrogen and oxygen atoms in total. The van der Waals surface area contributed by atoms with Crippen molar-refractivity contribution in [3.05, 3.63) is 12.4 Å². The molecule has 1 heterocycles. The number of nitrogens with zero attached hydrogens (tertiary/aromatic N) is 2. The molecule has 1 N–H and O–H groups in total. The zero-order chi connectivity index (χ0) is 5.82. The molecule has 0 bridgehead atoms. The Morgan fingerprint density at radius 3 is 3.25 bits per heavy atom. The lowest BCUT2D eigenvalue weighted by Crippen LogP contribution is -2.20. The summed E-state index contributed by atoms with van der Waals surface area (Å²) in [6.07, 6.45) is 3.70. The highest BCUT2D eigenvalue weighted by molar-refractivity contribution is 4.91. The molecule has 0 saturated carbocycles. The first kappa shape index (κ1) is 4.98. The highest BCUT2D eigenvalue weighted by atomic mass is 15.2. The van der Waals surface area contributed by atoms with E-state index in [9.17, 15) is 0 Å². The van der Waals surface area contributed by atoms with Crippen LogP contribution in [-0.2, 0) is 0 Å². The van der Waals surface area contributed by atoms with Gasteiger partial charge in [0.05, 0.1) is 12.7 Å². The predicted molar refractivity (Wildman–Crippen MR) is 29.5 cm³/mol. The summed E-state index contributed by atoms with van der Waals surface area (Å²) >= 11 is 0. The Bertz CT molecular complexity index is 133. The summed E-state index contributed by atoms with van der Waals surface area (Å²) in [6.45, 7) is 1.25. The van der Waals surface area contributed by atoms with Gasteiger partial charge in [-0.2, -0.15) is 5.26 Å². The molecule has 0 aromatic heterocycles. The lowest BCUT2D eigenvalue weighted by molar-refractivity contribution is 0.437. The molecule has 1 aliphatic rings. The van der Waals surface area contributed by atoms with Crippen molar-refractivity contribution in [2.45, 2.75) is 0 Å². The van der Waals surface area contributed by atoms with Crippen LogP contribution in [0.2, 0.25) is 0 Å². The van der Waals surface area contributed by atoms with E-state index in [0.717, 1.165) is 6.67 Å². The van der Waals surface area contributed by atoms with E-state index in [4.69, 9.17) is 5.26 Å². The number of rotatable bonds is 1. The summed E-state index contributed by atoms with van der Waals surface area (Å²) in [4.78, 5) is 1.89. The van der Waals surface area contributed by atoms with Crippen LogP contribution in [0.4, 0.5) is 0 Å². The summed E-state index contributed by atoms with van der Waals surface area (Å²) < 4.78 is 0. The van der Waals surface area contributed by atoms with Crippen LogP contribution in [0.3, 0.4) is 0 Å². The normalized spacial score (nSPS) is 15.6. The van der Waals surface area contributed by atoms with Crippen LogP contribution in [0, 0.1) is 11.3 Å². The Kier molecular flexibility index (Phi) is 1.38. The van der Waals surface area contributed by atoms with Crippen molar-refractivity contribution in [1.29, 1.82) is 5.26 Å². The van der Waals surface area contributed by atoms with Crippen LogP contribution in [0.15, 0.2) is 12.4 Å². The first-order valence-corrected chi connectivity index (χ1v) is 2.44. The molecule has 0 atom stereocenters. The van der Waals surface area contributed by atoms with Gasteiger partial charge in [0, 0.05) is 12.4 Å². The zero-order valence-electron chi connectivity index (χ0n) is 4.46. The topological polar surface area (TPSA) is 39.1 Å². The van der Waals surface area contributed by atoms with Crippen molar-refractivity contribution in [2.24, 2.45) is 0 Å². The zero-order valence-corrected chi connectivity index (χ0v) is 4.46. The summed E-state index contributed by atoms with van der Waals surface area (Å²) in [7, 11) is 0. The van der Waals surface area contributed by atoms with E-state index in [2.05, 4.69) is 5.32 Å². The van der Waals surface area contributed by atoms with Gasteiger partial charge in [0.2, 0.25) is 0 Å². The molecule has 0 unspecified atom stereocenters. The smallest absolute Gasteiger partial charge is 0.107 e. The summed E-state index contributed by atoms with van der Waals surface area (Å²) in [6, 6.07) is 2.04. The van der Waals surface area contributed by atoms with Crippen LogP contribution in [-0.4, -0.2) is 18.1 Å². The molecule has 0 aromatic rings. The lowest BCUT2D eigenvalue weighted by Gasteiger charge is -2.07. The second kappa shape index (κ2) is 2.22. The minimum atomic E-state index is 0.476. The van der Waals surface area contributed by atoms with Gasteiger partial charge in [0.15, 0.2) is 0 Å². The highest BCUT2D eigenvalue weighted by Gasteiger charge is 1.98. The maximum absolute atomic E-state index is 8.17. The van der Waals surface area contributed by atoms with Gasteiger partial charge in [-0.1, -0.05) is 0 Å². The Hall–Kier alpha value is -1.17. The Morgan fingerprint density at radius 1 is 1.88 bits per heavy atom. The molecular weight excluding hydrogens is 102 g/mol. The molecular formula is C5H7N3. The van der Waals surface area contributed by atoms with Gasteiger partial charge in [0.25, 0.3) is 0 Å². The maximum atomic E-state index is 8.17. The second-order valence-corrected chi connectivity index (χ2v) is 1.58. The quantitative estimate of drug-likeness (QED) is 0.476. The fourth-order valence-electron chi connectivity index (χ4n) is 0.580. The van der Waals surface area contributed by atoms with Crippen molar-refractivity contribution in [1.82, 2.24) is 10.2 Å². The fourth-order valence-corrected chi connectivity index (χ4v) is 0.580. The number of hydrogen-bond acceptors (Lipinski definition) is 3. The molecule has 0 amide bonds. The van der Waals surface area contributed by atoms with Gasteiger partial charge in [0.1, 0.15) is 6.54 Å². The Balaban J connectivity index is 2.28. The molecule has 0 aromatic carbocycles. The molecule has 0 radical (unpaired) electrons. The van der Waals surface area contributed by atoms with E-state index in [0.29, 0.717) is 6.54 Å². The van der Waals surface area contributed by atoms with Crippen molar-refractivity contribution in [3.8, 4) is 6.07 Å². The van der Waals surface area contributed by atoms with E-state index < -0.39 is 0 Å². The molecule has 0 aliphatic carbocycles. The first-order chi connectivity index (χ1) is 3.93. The van der Waals surface area contributed by atoms with Gasteiger partial charge < -0.3 is 10.2 Å². The molecule has 0 saturated heterocycles. The molecule has 3 heteroatoms. The fraction of sp³-hybridized carbons (Fsp3) is 0.400. The Labute approximate surface area is 48.2 Å². The summed E-state index contributed by atoms with van der Waals surface area (Å²) in [5.74, 6) is 0. The van der Waals surface area contributed by atoms with Gasteiger partial charge in [-0.15, -0.1) is 0 Å². The monoisotopic (exact) mass is 109 g/mol. The number of nitriles is 1. The van der Waals surface area contributed by atoms with Crippen LogP contribution < -0.4 is 5.32 Å². The molecule has 1 rings (SSSR count). The third kappa shape index (κ3) is 0.909. The maximum Gasteiger partial charge on any atom is 0.107 e. The van der Waals surface area contributed by atoms with E-state index in [1.165, 1.54) is 0 Å². The van der Waals surface area contributed by atoms with Gasteiger partial charge in [-0.25, -0.2) is 0 Å². The third-order valence-electron chi connectivity index (χ3n) is 0.971. The lowest BCUT2D eigenvalue weighted by atomic mass is 10.6. The molecule has 8 heavy (non-hydrogen) atoms. The molecule has 0 fully saturated rings. The Morgan fingerprint density at radius 2 is 2.75 bits per heavy atom. The summed E-state index contributed by atoms with van der Waals surface area (Å²) in [5, 5.41) is 11.1. The van der Waals surface area contributed by atoms with Crippen LogP contribution >= 0.6 is 0 Å². The average molecular weight is 109 g/mol. The van der Waals surface area contributed by atoms with Crippen LogP contribution in [0.5, 0.6) is 0 Å². The largest absolute Gasteiger partial charge is 0.373 e. The van der Waals surface area contributed by atoms with Gasteiger partial charge >= 0.3 is 0 Å². The van der Waals surface area contributed by atoms with Crippen molar-refractivity contribution < 1.29 is 0 Å². The summed E-state index contributed by atoms with van der Waals surface area (Å²) in [5.41, 5.74) is 0. The van der Waals surface area contributed by atoms with E-state index in [-0.39, 0.29) is 0 Å². The average Bonchev–Trinajstić information content (AvgIpc) is 2.19. The first-order valence-electron chi connectivity index (χ1n) is 2.44. The number of nitrogens with one attached hydrogen (secondary N) is 1. The standard InChI is InChI=1S/C5H7N3/c6-1-3-8-4-2-7-5-8/h2,4,7H,3,5H2. The minimum absolute atomic E-state index is 0.476. The van der Waals surface area contributed by atoms with Crippen LogP contribution in [0.1, 0.15) is 0 Å². The minimum Gasteiger partial charge on any atom is -0.373 e. The molecule has 1 aliphatic heterocycles. The second-order valence-electron chi connectivity index (χ2n) is 1.58. The molecule has 0 spiro atoms. The molecule has 42 valence electrons. The van der Waals surface area contributed by atoms with Gasteiger partial charge in [-0.3, -0.25) is 0 Å².